The zero-order chi connectivity index (χ0) is 16.0. The lowest BCUT2D eigenvalue weighted by Gasteiger charge is -2.25. The zero-order valence-corrected chi connectivity index (χ0v) is 14.4. The summed E-state index contributed by atoms with van der Waals surface area (Å²) in [5.74, 6) is 0.515. The van der Waals surface area contributed by atoms with Crippen LogP contribution in [0.25, 0.3) is 0 Å². The van der Waals surface area contributed by atoms with Gasteiger partial charge in [-0.3, -0.25) is 0 Å². The van der Waals surface area contributed by atoms with Crippen molar-refractivity contribution in [3.63, 3.8) is 0 Å². The van der Waals surface area contributed by atoms with Crippen LogP contribution in [0.4, 0.5) is 0 Å². The highest BCUT2D eigenvalue weighted by molar-refractivity contribution is 5.46. The van der Waals surface area contributed by atoms with Gasteiger partial charge in [-0.05, 0) is 57.8 Å². The Morgan fingerprint density at radius 3 is 1.65 bits per heavy atom. The summed E-state index contributed by atoms with van der Waals surface area (Å²) in [6, 6.07) is 0.302. The van der Waals surface area contributed by atoms with Gasteiger partial charge in [0.1, 0.15) is 0 Å². The van der Waals surface area contributed by atoms with Crippen LogP contribution >= 0.6 is 0 Å². The monoisotopic (exact) mass is 273 g/mol. The molecule has 0 saturated heterocycles. The van der Waals surface area contributed by atoms with E-state index in [1.165, 1.54) is 11.3 Å². The molecule has 0 aromatic rings. The van der Waals surface area contributed by atoms with Gasteiger partial charge in [0.2, 0.25) is 0 Å². The Hall–Kier alpha value is -1.50. The molecule has 0 rings (SSSR count). The Labute approximate surface area is 125 Å². The largest absolute Gasteiger partial charge is 0.382 e. The maximum atomic E-state index is 4.08. The van der Waals surface area contributed by atoms with Gasteiger partial charge in [0.15, 0.2) is 0 Å². The van der Waals surface area contributed by atoms with Crippen LogP contribution in [0.5, 0.6) is 0 Å². The molecule has 112 valence electrons. The molecule has 0 amide bonds. The van der Waals surface area contributed by atoms with Crippen LogP contribution in [0.3, 0.4) is 0 Å². The predicted molar refractivity (Wildman–Crippen MR) is 92.7 cm³/mol. The molecule has 0 bridgehead atoms. The molecular weight excluding hydrogens is 242 g/mol. The van der Waals surface area contributed by atoms with Crippen molar-refractivity contribution >= 4 is 0 Å². The van der Waals surface area contributed by atoms with E-state index in [4.69, 9.17) is 0 Å². The van der Waals surface area contributed by atoms with E-state index in [0.717, 1.165) is 22.3 Å². The quantitative estimate of drug-likeness (QED) is 0.474. The number of rotatable bonds is 7. The third-order valence-electron chi connectivity index (χ3n) is 3.44. The Morgan fingerprint density at radius 2 is 1.35 bits per heavy atom. The lowest BCUT2D eigenvalue weighted by molar-refractivity contribution is 0.481. The second-order valence-electron chi connectivity index (χ2n) is 6.14. The van der Waals surface area contributed by atoms with E-state index in [1.807, 2.05) is 13.8 Å². The van der Waals surface area contributed by atoms with Gasteiger partial charge in [-0.25, -0.2) is 0 Å². The number of hydrogen-bond acceptors (Lipinski definition) is 1. The van der Waals surface area contributed by atoms with Crippen molar-refractivity contribution in [3.05, 3.63) is 59.4 Å². The van der Waals surface area contributed by atoms with Gasteiger partial charge in [-0.1, -0.05) is 50.3 Å². The van der Waals surface area contributed by atoms with Crippen molar-refractivity contribution < 1.29 is 0 Å². The lowest BCUT2D eigenvalue weighted by atomic mass is 9.96. The molecule has 0 fully saturated rings. The molecule has 1 N–H and O–H groups in total. The molecule has 1 heteroatoms. The van der Waals surface area contributed by atoms with E-state index in [0.29, 0.717) is 12.0 Å². The highest BCUT2D eigenvalue weighted by atomic mass is 14.9. The van der Waals surface area contributed by atoms with Crippen LogP contribution in [0.15, 0.2) is 59.4 Å². The Morgan fingerprint density at radius 1 is 0.900 bits per heavy atom. The highest BCUT2D eigenvalue weighted by Crippen LogP contribution is 2.20. The average Bonchev–Trinajstić information content (AvgIpc) is 2.30. The first-order chi connectivity index (χ1) is 9.07. The first kappa shape index (κ1) is 18.5. The minimum atomic E-state index is 0.302. The molecule has 0 aliphatic rings. The molecule has 20 heavy (non-hydrogen) atoms. The second-order valence-corrected chi connectivity index (χ2v) is 6.14. The second kappa shape index (κ2) is 7.94. The third-order valence-corrected chi connectivity index (χ3v) is 3.44. The molecule has 1 unspecified atom stereocenters. The summed E-state index contributed by atoms with van der Waals surface area (Å²) in [6.07, 6.45) is 2.16. The summed E-state index contributed by atoms with van der Waals surface area (Å²) in [7, 11) is 0. The van der Waals surface area contributed by atoms with Gasteiger partial charge in [-0.15, -0.1) is 0 Å². The fourth-order valence-electron chi connectivity index (χ4n) is 2.14. The van der Waals surface area contributed by atoms with Crippen molar-refractivity contribution in [2.45, 2.75) is 54.5 Å². The van der Waals surface area contributed by atoms with Crippen molar-refractivity contribution in [2.24, 2.45) is 5.92 Å². The SMILES string of the molecule is C=C(C)C(=C/C(C)=C(\C)NC(C(=C)C)C(C)C)C(=C)C. The minimum absolute atomic E-state index is 0.302. The van der Waals surface area contributed by atoms with Gasteiger partial charge >= 0.3 is 0 Å². The van der Waals surface area contributed by atoms with Gasteiger partial charge in [0, 0.05) is 11.7 Å². The maximum absolute atomic E-state index is 4.08. The van der Waals surface area contributed by atoms with Crippen molar-refractivity contribution in [2.75, 3.05) is 0 Å². The smallest absolute Gasteiger partial charge is 0.0488 e. The molecule has 0 aliphatic heterocycles. The van der Waals surface area contributed by atoms with E-state index in [2.05, 4.69) is 65.7 Å². The van der Waals surface area contributed by atoms with Gasteiger partial charge < -0.3 is 5.32 Å². The van der Waals surface area contributed by atoms with Crippen LogP contribution in [-0.4, -0.2) is 6.04 Å². The van der Waals surface area contributed by atoms with E-state index >= 15 is 0 Å². The normalized spacial score (nSPS) is 13.4. The molecular formula is C19H31N. The average molecular weight is 273 g/mol. The van der Waals surface area contributed by atoms with Gasteiger partial charge in [0.25, 0.3) is 0 Å². The van der Waals surface area contributed by atoms with Gasteiger partial charge in [0.05, 0.1) is 0 Å². The molecule has 0 heterocycles. The van der Waals surface area contributed by atoms with Crippen LogP contribution in [0.1, 0.15) is 48.5 Å². The molecule has 0 aliphatic carbocycles. The molecule has 1 atom stereocenters. The molecule has 0 radical (unpaired) electrons. The summed E-state index contributed by atoms with van der Waals surface area (Å²) in [4.78, 5) is 0. The Balaban J connectivity index is 5.35. The minimum Gasteiger partial charge on any atom is -0.382 e. The molecule has 0 aromatic carbocycles. The Bertz CT molecular complexity index is 442. The number of nitrogens with one attached hydrogen (secondary N) is 1. The fourth-order valence-corrected chi connectivity index (χ4v) is 2.14. The van der Waals surface area contributed by atoms with Crippen molar-refractivity contribution in [1.82, 2.24) is 5.32 Å². The van der Waals surface area contributed by atoms with E-state index < -0.39 is 0 Å². The van der Waals surface area contributed by atoms with E-state index in [-0.39, 0.29) is 0 Å². The first-order valence-electron chi connectivity index (χ1n) is 7.20. The zero-order valence-electron chi connectivity index (χ0n) is 14.4. The lowest BCUT2D eigenvalue weighted by Crippen LogP contribution is -2.33. The third kappa shape index (κ3) is 5.64. The topological polar surface area (TPSA) is 12.0 Å². The van der Waals surface area contributed by atoms with E-state index in [9.17, 15) is 0 Å². The summed E-state index contributed by atoms with van der Waals surface area (Å²) in [5, 5.41) is 3.58. The van der Waals surface area contributed by atoms with Crippen LogP contribution in [0, 0.1) is 5.92 Å². The Kier molecular flexibility index (Phi) is 7.34. The molecule has 1 nitrogen and oxygen atoms in total. The summed E-state index contributed by atoms with van der Waals surface area (Å²) in [5.41, 5.74) is 6.76. The summed E-state index contributed by atoms with van der Waals surface area (Å²) in [6.45, 7) is 26.9. The maximum Gasteiger partial charge on any atom is 0.0488 e. The first-order valence-corrected chi connectivity index (χ1v) is 7.20. The summed E-state index contributed by atoms with van der Waals surface area (Å²) < 4.78 is 0. The standard InChI is InChI=1S/C19H31N/c1-12(2)18(13(3)4)11-16(9)17(10)20-19(14(5)6)15(7)8/h11,15,19-20H,1,3,5H2,2,4,6-10H3/b17-16+. The van der Waals surface area contributed by atoms with E-state index in [1.54, 1.807) is 0 Å². The number of hydrogen-bond donors (Lipinski definition) is 1. The number of allylic oxidation sites excluding steroid dienone is 6. The van der Waals surface area contributed by atoms with Crippen LogP contribution < -0.4 is 5.32 Å². The molecule has 0 spiro atoms. The molecule has 0 aromatic heterocycles. The van der Waals surface area contributed by atoms with Crippen LogP contribution in [0.2, 0.25) is 0 Å². The summed E-state index contributed by atoms with van der Waals surface area (Å²) >= 11 is 0. The van der Waals surface area contributed by atoms with Crippen molar-refractivity contribution in [1.29, 1.82) is 0 Å². The predicted octanol–water partition coefficient (Wildman–Crippen LogP) is 5.55. The van der Waals surface area contributed by atoms with Crippen LogP contribution in [-0.2, 0) is 0 Å². The fraction of sp³-hybridized carbons (Fsp3) is 0.474. The molecule has 0 saturated carbocycles. The highest BCUT2D eigenvalue weighted by Gasteiger charge is 2.14. The van der Waals surface area contributed by atoms with Gasteiger partial charge in [-0.2, -0.15) is 0 Å². The van der Waals surface area contributed by atoms with Crippen molar-refractivity contribution in [3.8, 4) is 0 Å².